The number of carboxylic acid groups (broad SMARTS) is 1. The highest BCUT2D eigenvalue weighted by atomic mass is 32.2. The standard InChI is InChI=1S/C9H12N2O4S/c1-15-2-4-3-16-8-5(10)7(12)11(8)6(4)9(13)14/h5,8H,2-3,10H2,1H3,(H,13,14). The highest BCUT2D eigenvalue weighted by Crippen LogP contribution is 2.39. The molecule has 2 atom stereocenters. The van der Waals surface area contributed by atoms with E-state index in [4.69, 9.17) is 15.6 Å². The molecule has 1 amide bonds. The highest BCUT2D eigenvalue weighted by Gasteiger charge is 2.51. The second kappa shape index (κ2) is 4.08. The summed E-state index contributed by atoms with van der Waals surface area (Å²) in [6.07, 6.45) is 0. The first-order valence-electron chi connectivity index (χ1n) is 4.72. The van der Waals surface area contributed by atoms with Gasteiger partial charge in [-0.15, -0.1) is 11.8 Å². The van der Waals surface area contributed by atoms with Gasteiger partial charge in [0.2, 0.25) is 5.91 Å². The van der Waals surface area contributed by atoms with Crippen LogP contribution in [0.15, 0.2) is 11.3 Å². The molecule has 2 heterocycles. The SMILES string of the molecule is COCC1=C(C(=O)O)N2C(=O)C(N)C2SC1. The topological polar surface area (TPSA) is 92.9 Å². The van der Waals surface area contributed by atoms with Crippen molar-refractivity contribution in [1.82, 2.24) is 4.90 Å². The van der Waals surface area contributed by atoms with Crippen molar-refractivity contribution in [2.45, 2.75) is 11.4 Å². The average molecular weight is 244 g/mol. The summed E-state index contributed by atoms with van der Waals surface area (Å²) in [5, 5.41) is 8.87. The largest absolute Gasteiger partial charge is 0.477 e. The van der Waals surface area contributed by atoms with Crippen LogP contribution in [0, 0.1) is 0 Å². The maximum absolute atomic E-state index is 11.5. The summed E-state index contributed by atoms with van der Waals surface area (Å²) >= 11 is 1.47. The molecule has 0 aromatic heterocycles. The average Bonchev–Trinajstić information content (AvgIpc) is 2.27. The molecule has 0 aromatic rings. The van der Waals surface area contributed by atoms with E-state index in [-0.39, 0.29) is 23.6 Å². The minimum atomic E-state index is -1.10. The lowest BCUT2D eigenvalue weighted by Crippen LogP contribution is -2.68. The molecule has 3 N–H and O–H groups in total. The Morgan fingerprint density at radius 1 is 1.75 bits per heavy atom. The second-order valence-electron chi connectivity index (χ2n) is 3.63. The maximum Gasteiger partial charge on any atom is 0.352 e. The third-order valence-electron chi connectivity index (χ3n) is 2.61. The van der Waals surface area contributed by atoms with Gasteiger partial charge in [-0.05, 0) is 5.57 Å². The van der Waals surface area contributed by atoms with Crippen LogP contribution in [0.1, 0.15) is 0 Å². The third-order valence-corrected chi connectivity index (χ3v) is 3.97. The number of ether oxygens (including phenoxy) is 1. The molecule has 0 bridgehead atoms. The first-order valence-corrected chi connectivity index (χ1v) is 5.77. The van der Waals surface area contributed by atoms with Crippen molar-refractivity contribution in [1.29, 1.82) is 0 Å². The summed E-state index contributed by atoms with van der Waals surface area (Å²) < 4.78 is 4.93. The van der Waals surface area contributed by atoms with Crippen LogP contribution < -0.4 is 5.73 Å². The van der Waals surface area contributed by atoms with E-state index in [1.165, 1.54) is 23.8 Å². The van der Waals surface area contributed by atoms with E-state index >= 15 is 0 Å². The number of nitrogens with two attached hydrogens (primary N) is 1. The number of carbonyl (C=O) groups excluding carboxylic acids is 1. The van der Waals surface area contributed by atoms with Crippen LogP contribution in [-0.2, 0) is 14.3 Å². The van der Waals surface area contributed by atoms with E-state index in [1.54, 1.807) is 0 Å². The number of hydrogen-bond acceptors (Lipinski definition) is 5. The molecule has 1 saturated heterocycles. The van der Waals surface area contributed by atoms with Gasteiger partial charge >= 0.3 is 5.97 Å². The first kappa shape index (κ1) is 11.4. The Morgan fingerprint density at radius 2 is 2.44 bits per heavy atom. The van der Waals surface area contributed by atoms with E-state index in [0.29, 0.717) is 11.3 Å². The fourth-order valence-corrected chi connectivity index (χ4v) is 3.14. The normalized spacial score (nSPS) is 28.9. The van der Waals surface area contributed by atoms with Crippen LogP contribution in [0.2, 0.25) is 0 Å². The molecule has 1 fully saturated rings. The van der Waals surface area contributed by atoms with Gasteiger partial charge in [0, 0.05) is 12.9 Å². The summed E-state index contributed by atoms with van der Waals surface area (Å²) in [5.74, 6) is -0.891. The molecule has 16 heavy (non-hydrogen) atoms. The van der Waals surface area contributed by atoms with Crippen LogP contribution >= 0.6 is 11.8 Å². The number of nitrogens with zero attached hydrogens (tertiary/aromatic N) is 1. The number of hydrogen-bond donors (Lipinski definition) is 2. The van der Waals surface area contributed by atoms with Gasteiger partial charge < -0.3 is 15.6 Å². The summed E-state index contributed by atoms with van der Waals surface area (Å²) in [5.41, 5.74) is 6.26. The fraction of sp³-hybridized carbons (Fsp3) is 0.556. The lowest BCUT2D eigenvalue weighted by Gasteiger charge is -2.47. The number of fused-ring (bicyclic) bond motifs is 1. The van der Waals surface area contributed by atoms with E-state index in [0.717, 1.165) is 0 Å². The third kappa shape index (κ3) is 1.51. The molecule has 7 heteroatoms. The molecule has 0 aromatic carbocycles. The Labute approximate surface area is 96.4 Å². The number of rotatable bonds is 3. The molecule has 2 unspecified atom stereocenters. The lowest BCUT2D eigenvalue weighted by molar-refractivity contribution is -0.148. The number of amides is 1. The molecule has 0 aliphatic carbocycles. The summed E-state index contributed by atoms with van der Waals surface area (Å²) in [6, 6.07) is -0.580. The monoisotopic (exact) mass is 244 g/mol. The molecule has 88 valence electrons. The molecule has 0 spiro atoms. The van der Waals surface area contributed by atoms with Crippen molar-refractivity contribution in [2.75, 3.05) is 19.5 Å². The fourth-order valence-electron chi connectivity index (χ4n) is 1.87. The van der Waals surface area contributed by atoms with Gasteiger partial charge in [-0.1, -0.05) is 0 Å². The smallest absolute Gasteiger partial charge is 0.352 e. The Bertz CT molecular complexity index is 382. The Balaban J connectivity index is 2.34. The van der Waals surface area contributed by atoms with Crippen molar-refractivity contribution in [3.8, 4) is 0 Å². The number of carbonyl (C=O) groups is 2. The van der Waals surface area contributed by atoms with E-state index < -0.39 is 12.0 Å². The van der Waals surface area contributed by atoms with Gasteiger partial charge in [0.25, 0.3) is 0 Å². The quantitative estimate of drug-likeness (QED) is 0.632. The van der Waals surface area contributed by atoms with Gasteiger partial charge in [-0.3, -0.25) is 9.69 Å². The van der Waals surface area contributed by atoms with Gasteiger partial charge in [0.05, 0.1) is 6.61 Å². The summed E-state index contributed by atoms with van der Waals surface area (Å²) in [4.78, 5) is 23.9. The Hall–Kier alpha value is -1.05. The zero-order chi connectivity index (χ0) is 11.9. The number of thioether (sulfide) groups is 1. The minimum Gasteiger partial charge on any atom is -0.477 e. The first-order chi connectivity index (χ1) is 7.57. The number of aliphatic carboxylic acids is 1. The number of carboxylic acids is 1. The molecule has 0 radical (unpaired) electrons. The van der Waals surface area contributed by atoms with Gasteiger partial charge in [0.1, 0.15) is 17.1 Å². The minimum absolute atomic E-state index is 0.0392. The molecule has 0 saturated carbocycles. The van der Waals surface area contributed by atoms with Gasteiger partial charge in [0.15, 0.2) is 0 Å². The van der Waals surface area contributed by atoms with Crippen molar-refractivity contribution in [3.63, 3.8) is 0 Å². The zero-order valence-electron chi connectivity index (χ0n) is 8.67. The molecule has 6 nitrogen and oxygen atoms in total. The van der Waals surface area contributed by atoms with Crippen molar-refractivity contribution in [3.05, 3.63) is 11.3 Å². The predicted octanol–water partition coefficient (Wildman–Crippen LogP) is -0.786. The molecule has 2 aliphatic rings. The van der Waals surface area contributed by atoms with Crippen LogP contribution in [0.25, 0.3) is 0 Å². The Morgan fingerprint density at radius 3 is 3.00 bits per heavy atom. The van der Waals surface area contributed by atoms with E-state index in [1.807, 2.05) is 0 Å². The maximum atomic E-state index is 11.5. The van der Waals surface area contributed by atoms with Crippen molar-refractivity contribution < 1.29 is 19.4 Å². The lowest BCUT2D eigenvalue weighted by atomic mass is 10.0. The second-order valence-corrected chi connectivity index (χ2v) is 4.73. The molecular formula is C9H12N2O4S. The van der Waals surface area contributed by atoms with Crippen LogP contribution in [0.4, 0.5) is 0 Å². The van der Waals surface area contributed by atoms with Gasteiger partial charge in [-0.2, -0.15) is 0 Å². The van der Waals surface area contributed by atoms with Crippen LogP contribution in [0.5, 0.6) is 0 Å². The summed E-state index contributed by atoms with van der Waals surface area (Å²) in [7, 11) is 1.49. The highest BCUT2D eigenvalue weighted by molar-refractivity contribution is 8.00. The molecule has 2 aliphatic heterocycles. The number of β-lactam (4-membered cyclic amide) rings is 1. The molecular weight excluding hydrogens is 232 g/mol. The van der Waals surface area contributed by atoms with Crippen molar-refractivity contribution >= 4 is 23.6 Å². The zero-order valence-corrected chi connectivity index (χ0v) is 9.49. The predicted molar refractivity (Wildman–Crippen MR) is 57.6 cm³/mol. The van der Waals surface area contributed by atoms with Crippen LogP contribution in [-0.4, -0.2) is 52.8 Å². The van der Waals surface area contributed by atoms with E-state index in [2.05, 4.69) is 0 Å². The van der Waals surface area contributed by atoms with Gasteiger partial charge in [-0.25, -0.2) is 4.79 Å². The molecule has 2 rings (SSSR count). The van der Waals surface area contributed by atoms with E-state index in [9.17, 15) is 9.59 Å². The summed E-state index contributed by atoms with van der Waals surface area (Å²) in [6.45, 7) is 0.223. The number of methoxy groups -OCH3 is 1. The van der Waals surface area contributed by atoms with Crippen LogP contribution in [0.3, 0.4) is 0 Å². The Kier molecular flexibility index (Phi) is 2.92. The van der Waals surface area contributed by atoms with Crippen molar-refractivity contribution in [2.24, 2.45) is 5.73 Å².